The van der Waals surface area contributed by atoms with Gasteiger partial charge < -0.3 is 0 Å². The van der Waals surface area contributed by atoms with Crippen LogP contribution in [0.4, 0.5) is 0 Å². The topological polar surface area (TPSA) is 0 Å². The molecule has 0 radical (unpaired) electrons. The van der Waals surface area contributed by atoms with Gasteiger partial charge in [0.2, 0.25) is 0 Å². The van der Waals surface area contributed by atoms with E-state index in [1.54, 1.807) is 0 Å². The molecular weight excluding hydrogens is 228 g/mol. The normalized spacial score (nSPS) is 16.3. The van der Waals surface area contributed by atoms with E-state index in [4.69, 9.17) is 0 Å². The third kappa shape index (κ3) is 8.71. The molecular formula is C19H40. The lowest BCUT2D eigenvalue weighted by Crippen LogP contribution is -2.25. The maximum atomic E-state index is 2.56. The first kappa shape index (κ1) is 19.0. The zero-order valence-electron chi connectivity index (χ0n) is 14.6. The fraction of sp³-hybridized carbons (Fsp3) is 1.00. The van der Waals surface area contributed by atoms with Crippen molar-refractivity contribution in [1.82, 2.24) is 0 Å². The first-order valence-corrected chi connectivity index (χ1v) is 9.10. The Balaban J connectivity index is 4.03. The van der Waals surface area contributed by atoms with Crippen LogP contribution < -0.4 is 0 Å². The Hall–Kier alpha value is 0. The van der Waals surface area contributed by atoms with E-state index in [1.807, 2.05) is 0 Å². The van der Waals surface area contributed by atoms with Crippen LogP contribution in [0.25, 0.3) is 0 Å². The molecule has 0 aliphatic carbocycles. The van der Waals surface area contributed by atoms with Crippen molar-refractivity contribution < 1.29 is 0 Å². The molecule has 0 spiro atoms. The maximum Gasteiger partial charge on any atom is -0.0300 e. The molecule has 0 aliphatic rings. The van der Waals surface area contributed by atoms with E-state index in [-0.39, 0.29) is 0 Å². The Morgan fingerprint density at radius 3 is 1.84 bits per heavy atom. The Labute approximate surface area is 123 Å². The van der Waals surface area contributed by atoms with Crippen LogP contribution in [0.3, 0.4) is 0 Å². The summed E-state index contributed by atoms with van der Waals surface area (Å²) in [4.78, 5) is 0. The number of hydrogen-bond donors (Lipinski definition) is 0. The van der Waals surface area contributed by atoms with Crippen LogP contribution in [0.15, 0.2) is 0 Å². The summed E-state index contributed by atoms with van der Waals surface area (Å²) in [5, 5.41) is 0. The molecule has 0 heterocycles. The van der Waals surface area contributed by atoms with Gasteiger partial charge in [0, 0.05) is 0 Å². The van der Waals surface area contributed by atoms with Crippen molar-refractivity contribution in [2.45, 2.75) is 112 Å². The molecule has 0 aromatic carbocycles. The third-order valence-electron chi connectivity index (χ3n) is 5.10. The summed E-state index contributed by atoms with van der Waals surface area (Å²) in [6.45, 7) is 12.0. The molecule has 0 saturated carbocycles. The smallest absolute Gasteiger partial charge is 0.0300 e. The Morgan fingerprint density at radius 1 is 0.684 bits per heavy atom. The van der Waals surface area contributed by atoms with Gasteiger partial charge in [-0.15, -0.1) is 0 Å². The quantitative estimate of drug-likeness (QED) is 0.306. The molecule has 0 aromatic heterocycles. The molecule has 0 amide bonds. The molecule has 0 heteroatoms. The van der Waals surface area contributed by atoms with Crippen LogP contribution in [0, 0.1) is 11.3 Å². The van der Waals surface area contributed by atoms with Crippen LogP contribution in [0.5, 0.6) is 0 Å². The number of hydrogen-bond acceptors (Lipinski definition) is 0. The third-order valence-corrected chi connectivity index (χ3v) is 5.10. The second kappa shape index (κ2) is 11.8. The van der Waals surface area contributed by atoms with E-state index in [2.05, 4.69) is 34.6 Å². The Kier molecular flexibility index (Phi) is 11.8. The van der Waals surface area contributed by atoms with E-state index in [0.717, 1.165) is 5.92 Å². The summed E-state index contributed by atoms with van der Waals surface area (Å²) < 4.78 is 0. The van der Waals surface area contributed by atoms with Crippen molar-refractivity contribution in [1.29, 1.82) is 0 Å². The van der Waals surface area contributed by atoms with Gasteiger partial charge in [0.15, 0.2) is 0 Å². The van der Waals surface area contributed by atoms with E-state index >= 15 is 0 Å². The van der Waals surface area contributed by atoms with Gasteiger partial charge in [-0.2, -0.15) is 0 Å². The minimum Gasteiger partial charge on any atom is -0.0654 e. The van der Waals surface area contributed by atoms with Gasteiger partial charge in [0.05, 0.1) is 0 Å². The van der Waals surface area contributed by atoms with Gasteiger partial charge in [0.25, 0.3) is 0 Å². The maximum absolute atomic E-state index is 2.56. The van der Waals surface area contributed by atoms with Gasteiger partial charge in [-0.25, -0.2) is 0 Å². The highest BCUT2D eigenvalue weighted by atomic mass is 14.3. The van der Waals surface area contributed by atoms with Crippen LogP contribution in [-0.2, 0) is 0 Å². The largest absolute Gasteiger partial charge is 0.0654 e. The van der Waals surface area contributed by atoms with E-state index in [1.165, 1.54) is 77.0 Å². The Morgan fingerprint density at radius 2 is 1.26 bits per heavy atom. The molecule has 0 fully saturated rings. The van der Waals surface area contributed by atoms with Crippen molar-refractivity contribution in [3.63, 3.8) is 0 Å². The second-order valence-corrected chi connectivity index (χ2v) is 6.97. The molecule has 0 N–H and O–H groups in total. The van der Waals surface area contributed by atoms with Gasteiger partial charge in [0.1, 0.15) is 0 Å². The molecule has 0 aromatic rings. The Bertz CT molecular complexity index is 184. The highest BCUT2D eigenvalue weighted by Crippen LogP contribution is 2.40. The van der Waals surface area contributed by atoms with Gasteiger partial charge in [-0.3, -0.25) is 0 Å². The molecule has 116 valence electrons. The standard InChI is InChI=1S/C19H40/c1-6-9-11-12-13-15-18(4)19(5,16-8-3)17-14-10-7-2/h18H,6-17H2,1-5H3. The lowest BCUT2D eigenvalue weighted by molar-refractivity contribution is 0.148. The molecule has 0 bridgehead atoms. The lowest BCUT2D eigenvalue weighted by Gasteiger charge is -2.36. The van der Waals surface area contributed by atoms with E-state index in [9.17, 15) is 0 Å². The highest BCUT2D eigenvalue weighted by molar-refractivity contribution is 4.79. The lowest BCUT2D eigenvalue weighted by atomic mass is 9.69. The van der Waals surface area contributed by atoms with Gasteiger partial charge in [-0.1, -0.05) is 98.8 Å². The van der Waals surface area contributed by atoms with Crippen LogP contribution in [0.1, 0.15) is 112 Å². The van der Waals surface area contributed by atoms with E-state index in [0.29, 0.717) is 5.41 Å². The minimum absolute atomic E-state index is 0.606. The SMILES string of the molecule is CCCCCCCC(C)C(C)(CCC)CCCCC. The molecule has 0 rings (SSSR count). The summed E-state index contributed by atoms with van der Waals surface area (Å²) in [5.41, 5.74) is 0.606. The van der Waals surface area contributed by atoms with Crippen molar-refractivity contribution >= 4 is 0 Å². The average Bonchev–Trinajstić information content (AvgIpc) is 2.39. The summed E-state index contributed by atoms with van der Waals surface area (Å²) in [7, 11) is 0. The van der Waals surface area contributed by atoms with Crippen molar-refractivity contribution in [3.05, 3.63) is 0 Å². The molecule has 0 nitrogen and oxygen atoms in total. The summed E-state index contributed by atoms with van der Waals surface area (Å²) in [6.07, 6.45) is 17.0. The number of unbranched alkanes of at least 4 members (excludes halogenated alkanes) is 6. The van der Waals surface area contributed by atoms with Gasteiger partial charge >= 0.3 is 0 Å². The van der Waals surface area contributed by atoms with Crippen molar-refractivity contribution in [2.75, 3.05) is 0 Å². The fourth-order valence-corrected chi connectivity index (χ4v) is 3.37. The monoisotopic (exact) mass is 268 g/mol. The minimum atomic E-state index is 0.606. The zero-order valence-corrected chi connectivity index (χ0v) is 14.6. The van der Waals surface area contributed by atoms with Crippen LogP contribution in [-0.4, -0.2) is 0 Å². The van der Waals surface area contributed by atoms with Crippen molar-refractivity contribution in [3.8, 4) is 0 Å². The fourth-order valence-electron chi connectivity index (χ4n) is 3.37. The molecule has 2 unspecified atom stereocenters. The summed E-state index contributed by atoms with van der Waals surface area (Å²) in [6, 6.07) is 0. The first-order chi connectivity index (χ1) is 9.10. The van der Waals surface area contributed by atoms with Crippen LogP contribution >= 0.6 is 0 Å². The van der Waals surface area contributed by atoms with E-state index < -0.39 is 0 Å². The predicted molar refractivity (Wildman–Crippen MR) is 89.7 cm³/mol. The number of rotatable bonds is 13. The molecule has 0 saturated heterocycles. The second-order valence-electron chi connectivity index (χ2n) is 6.97. The average molecular weight is 269 g/mol. The van der Waals surface area contributed by atoms with Crippen LogP contribution in [0.2, 0.25) is 0 Å². The zero-order chi connectivity index (χ0) is 14.6. The molecule has 2 atom stereocenters. The first-order valence-electron chi connectivity index (χ1n) is 9.10. The van der Waals surface area contributed by atoms with Gasteiger partial charge in [-0.05, 0) is 24.2 Å². The predicted octanol–water partition coefficient (Wildman–Crippen LogP) is 7.37. The molecule has 0 aliphatic heterocycles. The summed E-state index contributed by atoms with van der Waals surface area (Å²) >= 11 is 0. The summed E-state index contributed by atoms with van der Waals surface area (Å²) in [5.74, 6) is 0.908. The van der Waals surface area contributed by atoms with Crippen molar-refractivity contribution in [2.24, 2.45) is 11.3 Å². The highest BCUT2D eigenvalue weighted by Gasteiger charge is 2.28. The molecule has 19 heavy (non-hydrogen) atoms.